The SMILES string of the molecule is O=C(c1cc(Cl)ccc1Cl)N1CCN(Cc2nnnn2-c2ccc(Cl)cc2)CC1. The van der Waals surface area contributed by atoms with Gasteiger partial charge in [0.25, 0.3) is 5.91 Å². The first-order chi connectivity index (χ1) is 14.0. The highest BCUT2D eigenvalue weighted by Crippen LogP contribution is 2.23. The minimum atomic E-state index is -0.108. The van der Waals surface area contributed by atoms with Crippen LogP contribution in [0.15, 0.2) is 42.5 Å². The zero-order valence-corrected chi connectivity index (χ0v) is 17.6. The van der Waals surface area contributed by atoms with Crippen LogP contribution in [0.1, 0.15) is 16.2 Å². The molecule has 0 N–H and O–H groups in total. The molecule has 1 aliphatic rings. The molecular weight excluding hydrogens is 435 g/mol. The van der Waals surface area contributed by atoms with Gasteiger partial charge in [0.15, 0.2) is 5.82 Å². The van der Waals surface area contributed by atoms with Crippen LogP contribution in [0.5, 0.6) is 0 Å². The average molecular weight is 452 g/mol. The van der Waals surface area contributed by atoms with Crippen LogP contribution in [0.3, 0.4) is 0 Å². The van der Waals surface area contributed by atoms with Crippen molar-refractivity contribution in [2.45, 2.75) is 6.54 Å². The van der Waals surface area contributed by atoms with Crippen molar-refractivity contribution >= 4 is 40.7 Å². The predicted molar refractivity (Wildman–Crippen MR) is 112 cm³/mol. The second kappa shape index (κ2) is 8.67. The number of carbonyl (C=O) groups is 1. The number of halogens is 3. The van der Waals surface area contributed by atoms with E-state index in [2.05, 4.69) is 20.4 Å². The number of aromatic nitrogens is 4. The molecule has 0 atom stereocenters. The molecule has 1 saturated heterocycles. The second-order valence-electron chi connectivity index (χ2n) is 6.68. The Labute approximate surface area is 182 Å². The number of piperazine rings is 1. The molecule has 4 rings (SSSR count). The van der Waals surface area contributed by atoms with Gasteiger partial charge in [0.1, 0.15) is 0 Å². The summed E-state index contributed by atoms with van der Waals surface area (Å²) in [6, 6.07) is 12.3. The van der Waals surface area contributed by atoms with E-state index in [0.717, 1.165) is 11.5 Å². The van der Waals surface area contributed by atoms with Gasteiger partial charge in [-0.3, -0.25) is 9.69 Å². The van der Waals surface area contributed by atoms with Crippen LogP contribution in [0.4, 0.5) is 0 Å². The van der Waals surface area contributed by atoms with Crippen molar-refractivity contribution in [3.05, 3.63) is 68.9 Å². The summed E-state index contributed by atoms with van der Waals surface area (Å²) in [6.45, 7) is 3.17. The Kier molecular flexibility index (Phi) is 6.01. The van der Waals surface area contributed by atoms with Crippen molar-refractivity contribution in [1.29, 1.82) is 0 Å². The maximum absolute atomic E-state index is 12.8. The van der Waals surface area contributed by atoms with E-state index >= 15 is 0 Å². The molecule has 2 heterocycles. The third-order valence-electron chi connectivity index (χ3n) is 4.79. The normalized spacial score (nSPS) is 14.9. The Morgan fingerprint density at radius 2 is 1.62 bits per heavy atom. The van der Waals surface area contributed by atoms with Crippen LogP contribution in [-0.2, 0) is 6.54 Å². The number of benzene rings is 2. The van der Waals surface area contributed by atoms with Crippen molar-refractivity contribution in [3.8, 4) is 5.69 Å². The summed E-state index contributed by atoms with van der Waals surface area (Å²) in [6.07, 6.45) is 0. The molecule has 0 saturated carbocycles. The van der Waals surface area contributed by atoms with Crippen molar-refractivity contribution in [1.82, 2.24) is 30.0 Å². The van der Waals surface area contributed by atoms with E-state index < -0.39 is 0 Å². The lowest BCUT2D eigenvalue weighted by Crippen LogP contribution is -2.48. The van der Waals surface area contributed by atoms with Gasteiger partial charge in [-0.05, 0) is 52.9 Å². The van der Waals surface area contributed by atoms with Crippen LogP contribution < -0.4 is 0 Å². The summed E-state index contributed by atoms with van der Waals surface area (Å²) < 4.78 is 1.69. The van der Waals surface area contributed by atoms with Crippen LogP contribution in [0.25, 0.3) is 5.69 Å². The Bertz CT molecular complexity index is 1020. The molecule has 1 fully saturated rings. The zero-order valence-electron chi connectivity index (χ0n) is 15.3. The molecule has 2 aromatic carbocycles. The van der Waals surface area contributed by atoms with Gasteiger partial charge in [-0.15, -0.1) is 5.10 Å². The van der Waals surface area contributed by atoms with Crippen molar-refractivity contribution in [3.63, 3.8) is 0 Å². The van der Waals surface area contributed by atoms with Crippen LogP contribution in [-0.4, -0.2) is 62.1 Å². The fourth-order valence-electron chi connectivity index (χ4n) is 3.23. The monoisotopic (exact) mass is 450 g/mol. The summed E-state index contributed by atoms with van der Waals surface area (Å²) in [4.78, 5) is 16.8. The van der Waals surface area contributed by atoms with Gasteiger partial charge >= 0.3 is 0 Å². The Balaban J connectivity index is 1.40. The lowest BCUT2D eigenvalue weighted by molar-refractivity contribution is 0.0624. The first kappa shape index (κ1) is 20.1. The number of hydrogen-bond donors (Lipinski definition) is 0. The molecule has 29 heavy (non-hydrogen) atoms. The van der Waals surface area contributed by atoms with Gasteiger partial charge < -0.3 is 4.90 Å². The minimum Gasteiger partial charge on any atom is -0.336 e. The van der Waals surface area contributed by atoms with Crippen molar-refractivity contribution in [2.24, 2.45) is 0 Å². The molecule has 0 aliphatic carbocycles. The highest BCUT2D eigenvalue weighted by Gasteiger charge is 2.25. The zero-order chi connectivity index (χ0) is 20.4. The molecule has 10 heteroatoms. The topological polar surface area (TPSA) is 67.2 Å². The van der Waals surface area contributed by atoms with Gasteiger partial charge in [-0.1, -0.05) is 34.8 Å². The number of nitrogens with zero attached hydrogens (tertiary/aromatic N) is 6. The van der Waals surface area contributed by atoms with E-state index in [1.807, 2.05) is 12.1 Å². The van der Waals surface area contributed by atoms with E-state index in [1.54, 1.807) is 39.9 Å². The standard InChI is InChI=1S/C19H17Cl3N6O/c20-13-1-4-15(5-2-13)28-18(23-24-25-28)12-26-7-9-27(10-8-26)19(29)16-11-14(21)3-6-17(16)22/h1-6,11H,7-10,12H2. The Hall–Kier alpha value is -2.19. The number of tetrazole rings is 1. The van der Waals surface area contributed by atoms with Gasteiger partial charge in [-0.25, -0.2) is 0 Å². The molecule has 0 radical (unpaired) electrons. The van der Waals surface area contributed by atoms with Crippen molar-refractivity contribution in [2.75, 3.05) is 26.2 Å². The van der Waals surface area contributed by atoms with Crippen LogP contribution in [0.2, 0.25) is 15.1 Å². The quantitative estimate of drug-likeness (QED) is 0.606. The lowest BCUT2D eigenvalue weighted by atomic mass is 10.1. The van der Waals surface area contributed by atoms with E-state index in [1.165, 1.54) is 0 Å². The van der Waals surface area contributed by atoms with E-state index in [4.69, 9.17) is 34.8 Å². The molecule has 150 valence electrons. The molecule has 1 aliphatic heterocycles. The number of amides is 1. The average Bonchev–Trinajstić information content (AvgIpc) is 3.18. The molecule has 0 spiro atoms. The van der Waals surface area contributed by atoms with Crippen LogP contribution >= 0.6 is 34.8 Å². The number of hydrogen-bond acceptors (Lipinski definition) is 5. The first-order valence-electron chi connectivity index (χ1n) is 9.01. The summed E-state index contributed by atoms with van der Waals surface area (Å²) in [5.74, 6) is 0.619. The van der Waals surface area contributed by atoms with Crippen molar-refractivity contribution < 1.29 is 4.79 Å². The predicted octanol–water partition coefficient (Wildman–Crippen LogP) is 3.58. The second-order valence-corrected chi connectivity index (χ2v) is 7.96. The highest BCUT2D eigenvalue weighted by atomic mass is 35.5. The number of rotatable bonds is 4. The lowest BCUT2D eigenvalue weighted by Gasteiger charge is -2.34. The van der Waals surface area contributed by atoms with E-state index in [9.17, 15) is 4.79 Å². The fraction of sp³-hybridized carbons (Fsp3) is 0.263. The molecule has 7 nitrogen and oxygen atoms in total. The van der Waals surface area contributed by atoms with E-state index in [0.29, 0.717) is 53.4 Å². The van der Waals surface area contributed by atoms with Gasteiger partial charge in [0.2, 0.25) is 0 Å². The molecular formula is C19H17Cl3N6O. The summed E-state index contributed by atoms with van der Waals surface area (Å²) in [5.41, 5.74) is 1.28. The molecule has 0 unspecified atom stereocenters. The molecule has 1 amide bonds. The fourth-order valence-corrected chi connectivity index (χ4v) is 3.72. The van der Waals surface area contributed by atoms with Crippen LogP contribution in [0, 0.1) is 0 Å². The minimum absolute atomic E-state index is 0.108. The van der Waals surface area contributed by atoms with Gasteiger partial charge in [-0.2, -0.15) is 4.68 Å². The highest BCUT2D eigenvalue weighted by molar-refractivity contribution is 6.35. The summed E-state index contributed by atoms with van der Waals surface area (Å²) in [7, 11) is 0. The summed E-state index contributed by atoms with van der Waals surface area (Å²) in [5, 5.41) is 13.6. The molecule has 3 aromatic rings. The maximum Gasteiger partial charge on any atom is 0.255 e. The smallest absolute Gasteiger partial charge is 0.255 e. The number of carbonyl (C=O) groups excluding carboxylic acids is 1. The molecule has 0 bridgehead atoms. The Morgan fingerprint density at radius 1 is 0.931 bits per heavy atom. The third kappa shape index (κ3) is 4.53. The largest absolute Gasteiger partial charge is 0.336 e. The summed E-state index contributed by atoms with van der Waals surface area (Å²) >= 11 is 18.1. The van der Waals surface area contributed by atoms with E-state index in [-0.39, 0.29) is 5.91 Å². The first-order valence-corrected chi connectivity index (χ1v) is 10.1. The molecule has 1 aromatic heterocycles. The Morgan fingerprint density at radius 3 is 2.34 bits per heavy atom. The third-order valence-corrected chi connectivity index (χ3v) is 5.61. The van der Waals surface area contributed by atoms with Gasteiger partial charge in [0, 0.05) is 36.2 Å². The van der Waals surface area contributed by atoms with Gasteiger partial charge in [0.05, 0.1) is 22.8 Å². The maximum atomic E-state index is 12.8.